The molecule has 0 fully saturated rings. The lowest BCUT2D eigenvalue weighted by molar-refractivity contribution is -0.384. The third kappa shape index (κ3) is 4.81. The molecule has 0 spiro atoms. The third-order valence-corrected chi connectivity index (χ3v) is 3.41. The first-order chi connectivity index (χ1) is 11.5. The second-order valence-electron chi connectivity index (χ2n) is 5.36. The quantitative estimate of drug-likeness (QED) is 0.334. The SMILES string of the molecule is CCCc1ccc(OC(=O)COc2ccc([N+](=O)[O-])cc2C)cc1. The van der Waals surface area contributed by atoms with Gasteiger partial charge >= 0.3 is 5.97 Å². The fourth-order valence-electron chi connectivity index (χ4n) is 2.22. The van der Waals surface area contributed by atoms with Gasteiger partial charge in [0.2, 0.25) is 0 Å². The Morgan fingerprint density at radius 1 is 1.17 bits per heavy atom. The van der Waals surface area contributed by atoms with E-state index in [1.807, 2.05) is 12.1 Å². The van der Waals surface area contributed by atoms with Crippen molar-refractivity contribution in [2.24, 2.45) is 0 Å². The van der Waals surface area contributed by atoms with Crippen LogP contribution < -0.4 is 9.47 Å². The van der Waals surface area contributed by atoms with Crippen molar-refractivity contribution in [2.75, 3.05) is 6.61 Å². The summed E-state index contributed by atoms with van der Waals surface area (Å²) in [6.07, 6.45) is 2.04. The summed E-state index contributed by atoms with van der Waals surface area (Å²) in [5.74, 6) is 0.343. The minimum Gasteiger partial charge on any atom is -0.482 e. The number of carbonyl (C=O) groups is 1. The zero-order valence-electron chi connectivity index (χ0n) is 13.7. The molecule has 2 aromatic carbocycles. The predicted octanol–water partition coefficient (Wildman–Crippen LogP) is 3.84. The van der Waals surface area contributed by atoms with Crippen LogP contribution in [0.25, 0.3) is 0 Å². The number of hydrogen-bond acceptors (Lipinski definition) is 5. The van der Waals surface area contributed by atoms with E-state index in [0.29, 0.717) is 17.1 Å². The normalized spacial score (nSPS) is 10.2. The van der Waals surface area contributed by atoms with E-state index in [-0.39, 0.29) is 12.3 Å². The van der Waals surface area contributed by atoms with Crippen LogP contribution in [0.2, 0.25) is 0 Å². The molecule has 2 aromatic rings. The standard InChI is InChI=1S/C18H19NO5/c1-3-4-14-5-8-16(9-6-14)24-18(20)12-23-17-10-7-15(19(21)22)11-13(17)2/h5-11H,3-4,12H2,1-2H3. The van der Waals surface area contributed by atoms with Gasteiger partial charge in [-0.15, -0.1) is 0 Å². The first kappa shape index (κ1) is 17.5. The molecule has 6 heteroatoms. The highest BCUT2D eigenvalue weighted by atomic mass is 16.6. The van der Waals surface area contributed by atoms with Crippen LogP contribution in [0.3, 0.4) is 0 Å². The zero-order valence-corrected chi connectivity index (χ0v) is 13.7. The lowest BCUT2D eigenvalue weighted by Crippen LogP contribution is -2.18. The Morgan fingerprint density at radius 3 is 2.46 bits per heavy atom. The summed E-state index contributed by atoms with van der Waals surface area (Å²) >= 11 is 0. The Labute approximate surface area is 140 Å². The average molecular weight is 329 g/mol. The summed E-state index contributed by atoms with van der Waals surface area (Å²) < 4.78 is 10.6. The van der Waals surface area contributed by atoms with E-state index >= 15 is 0 Å². The highest BCUT2D eigenvalue weighted by molar-refractivity contribution is 5.74. The summed E-state index contributed by atoms with van der Waals surface area (Å²) in [7, 11) is 0. The van der Waals surface area contributed by atoms with Crippen LogP contribution in [-0.4, -0.2) is 17.5 Å². The minimum absolute atomic E-state index is 0.0189. The fraction of sp³-hybridized carbons (Fsp3) is 0.278. The van der Waals surface area contributed by atoms with Gasteiger partial charge in [-0.2, -0.15) is 0 Å². The van der Waals surface area contributed by atoms with Crippen molar-refractivity contribution < 1.29 is 19.2 Å². The summed E-state index contributed by atoms with van der Waals surface area (Å²) in [4.78, 5) is 22.0. The number of rotatable bonds is 7. The van der Waals surface area contributed by atoms with Crippen LogP contribution in [0.5, 0.6) is 11.5 Å². The Bertz CT molecular complexity index is 725. The maximum atomic E-state index is 11.8. The molecule has 0 atom stereocenters. The van der Waals surface area contributed by atoms with Gasteiger partial charge in [-0.25, -0.2) is 4.79 Å². The van der Waals surface area contributed by atoms with Gasteiger partial charge in [0.25, 0.3) is 5.69 Å². The number of hydrogen-bond donors (Lipinski definition) is 0. The van der Waals surface area contributed by atoms with Crippen molar-refractivity contribution in [1.82, 2.24) is 0 Å². The van der Waals surface area contributed by atoms with Crippen LogP contribution in [0.15, 0.2) is 42.5 Å². The van der Waals surface area contributed by atoms with Gasteiger partial charge in [0.15, 0.2) is 6.61 Å². The number of nitro benzene ring substituents is 1. The van der Waals surface area contributed by atoms with Crippen molar-refractivity contribution in [3.63, 3.8) is 0 Å². The maximum Gasteiger partial charge on any atom is 0.349 e. The number of nitrogens with zero attached hydrogens (tertiary/aromatic N) is 1. The summed E-state index contributed by atoms with van der Waals surface area (Å²) in [6.45, 7) is 3.51. The number of esters is 1. The molecular weight excluding hydrogens is 310 g/mol. The van der Waals surface area contributed by atoms with Crippen LogP contribution in [0.4, 0.5) is 5.69 Å². The molecule has 0 unspecified atom stereocenters. The lowest BCUT2D eigenvalue weighted by atomic mass is 10.1. The summed E-state index contributed by atoms with van der Waals surface area (Å²) in [6, 6.07) is 11.6. The number of non-ortho nitro benzene ring substituents is 1. The smallest absolute Gasteiger partial charge is 0.349 e. The Balaban J connectivity index is 1.90. The van der Waals surface area contributed by atoms with Gasteiger partial charge in [0, 0.05) is 12.1 Å². The van der Waals surface area contributed by atoms with Crippen LogP contribution >= 0.6 is 0 Å². The van der Waals surface area contributed by atoms with Crippen molar-refractivity contribution >= 4 is 11.7 Å². The number of benzene rings is 2. The molecule has 0 radical (unpaired) electrons. The Morgan fingerprint density at radius 2 is 1.88 bits per heavy atom. The van der Waals surface area contributed by atoms with E-state index in [4.69, 9.17) is 9.47 Å². The molecule has 2 rings (SSSR count). The third-order valence-electron chi connectivity index (χ3n) is 3.41. The molecule has 0 saturated heterocycles. The molecular formula is C18H19NO5. The Hall–Kier alpha value is -2.89. The topological polar surface area (TPSA) is 78.7 Å². The van der Waals surface area contributed by atoms with Crippen LogP contribution in [0, 0.1) is 17.0 Å². The minimum atomic E-state index is -0.531. The highest BCUT2D eigenvalue weighted by Crippen LogP contribution is 2.23. The van der Waals surface area contributed by atoms with Gasteiger partial charge in [-0.3, -0.25) is 10.1 Å². The van der Waals surface area contributed by atoms with Crippen molar-refractivity contribution in [3.05, 3.63) is 63.7 Å². The van der Waals surface area contributed by atoms with Gasteiger partial charge in [-0.05, 0) is 42.7 Å². The van der Waals surface area contributed by atoms with E-state index < -0.39 is 10.9 Å². The highest BCUT2D eigenvalue weighted by Gasteiger charge is 2.11. The lowest BCUT2D eigenvalue weighted by Gasteiger charge is -2.09. The molecule has 0 bridgehead atoms. The molecule has 0 amide bonds. The van der Waals surface area contributed by atoms with Crippen LogP contribution in [0.1, 0.15) is 24.5 Å². The van der Waals surface area contributed by atoms with Crippen LogP contribution in [-0.2, 0) is 11.2 Å². The first-order valence-corrected chi connectivity index (χ1v) is 7.67. The summed E-state index contributed by atoms with van der Waals surface area (Å²) in [5, 5.41) is 10.7. The average Bonchev–Trinajstić information content (AvgIpc) is 2.55. The second kappa shape index (κ2) is 8.10. The van der Waals surface area contributed by atoms with Crippen molar-refractivity contribution in [3.8, 4) is 11.5 Å². The molecule has 126 valence electrons. The number of aryl methyl sites for hydroxylation is 2. The molecule has 0 aliphatic heterocycles. The second-order valence-corrected chi connectivity index (χ2v) is 5.36. The molecule has 0 aromatic heterocycles. The van der Waals surface area contributed by atoms with E-state index in [2.05, 4.69) is 6.92 Å². The van der Waals surface area contributed by atoms with E-state index in [1.54, 1.807) is 19.1 Å². The molecule has 0 saturated carbocycles. The van der Waals surface area contributed by atoms with Gasteiger partial charge in [-0.1, -0.05) is 25.5 Å². The van der Waals surface area contributed by atoms with E-state index in [9.17, 15) is 14.9 Å². The van der Waals surface area contributed by atoms with Gasteiger partial charge < -0.3 is 9.47 Å². The monoisotopic (exact) mass is 329 g/mol. The summed E-state index contributed by atoms with van der Waals surface area (Å²) in [5.41, 5.74) is 1.76. The molecule has 0 N–H and O–H groups in total. The molecule has 6 nitrogen and oxygen atoms in total. The molecule has 24 heavy (non-hydrogen) atoms. The van der Waals surface area contributed by atoms with Crippen molar-refractivity contribution in [1.29, 1.82) is 0 Å². The maximum absolute atomic E-state index is 11.8. The zero-order chi connectivity index (χ0) is 17.5. The van der Waals surface area contributed by atoms with Gasteiger partial charge in [0.1, 0.15) is 11.5 Å². The number of nitro groups is 1. The first-order valence-electron chi connectivity index (χ1n) is 7.67. The Kier molecular flexibility index (Phi) is 5.89. The van der Waals surface area contributed by atoms with E-state index in [1.165, 1.54) is 23.8 Å². The fourth-order valence-corrected chi connectivity index (χ4v) is 2.22. The van der Waals surface area contributed by atoms with E-state index in [0.717, 1.165) is 12.8 Å². The van der Waals surface area contributed by atoms with Crippen molar-refractivity contribution in [2.45, 2.75) is 26.7 Å². The number of ether oxygens (including phenoxy) is 2. The predicted molar refractivity (Wildman–Crippen MR) is 89.4 cm³/mol. The molecule has 0 aliphatic rings. The largest absolute Gasteiger partial charge is 0.482 e. The number of carbonyl (C=O) groups excluding carboxylic acids is 1. The molecule has 0 aliphatic carbocycles. The molecule has 0 heterocycles. The van der Waals surface area contributed by atoms with Gasteiger partial charge in [0.05, 0.1) is 4.92 Å².